The van der Waals surface area contributed by atoms with Crippen molar-refractivity contribution in [2.24, 2.45) is 0 Å². The van der Waals surface area contributed by atoms with Crippen molar-refractivity contribution in [1.29, 1.82) is 0 Å². The second-order valence-electron chi connectivity index (χ2n) is 10.4. The van der Waals surface area contributed by atoms with Crippen molar-refractivity contribution in [1.82, 2.24) is 4.90 Å². The maximum Gasteiger partial charge on any atom is 0.306 e. The number of carbonyl (C=O) groups is 1. The summed E-state index contributed by atoms with van der Waals surface area (Å²) in [5.41, 5.74) is -0.400. The number of aliphatic hydroxyl groups excluding tert-OH is 1. The van der Waals surface area contributed by atoms with Crippen molar-refractivity contribution >= 4 is 26.7 Å². The summed E-state index contributed by atoms with van der Waals surface area (Å²) in [5.74, 6) is -4.72. The lowest BCUT2D eigenvalue weighted by Crippen LogP contribution is -2.33. The molecule has 0 spiro atoms. The Bertz CT molecular complexity index is 1770. The standard InChI is InChI=1S/C32H30F3NO6S/c1-43(39,40)42-23-10-12-24-21(17-23)7-11-25(26-18-28(33)31(35)30(34)27(26)19-37)29(24)32(38)20-5-8-22(9-6-20)41-16-15-36-13-3-2-4-14-36/h5-12,17-18,37H,2-4,13-16,19H2,1H3. The van der Waals surface area contributed by atoms with Crippen LogP contribution in [0, 0.1) is 17.5 Å². The number of piperidine rings is 1. The van der Waals surface area contributed by atoms with E-state index in [2.05, 4.69) is 4.90 Å². The Morgan fingerprint density at radius 2 is 1.58 bits per heavy atom. The molecular weight excluding hydrogens is 583 g/mol. The van der Waals surface area contributed by atoms with Crippen LogP contribution >= 0.6 is 0 Å². The van der Waals surface area contributed by atoms with Gasteiger partial charge in [0.1, 0.15) is 18.1 Å². The summed E-state index contributed by atoms with van der Waals surface area (Å²) in [6, 6.07) is 14.3. The molecule has 1 N–H and O–H groups in total. The first-order valence-corrected chi connectivity index (χ1v) is 15.6. The van der Waals surface area contributed by atoms with Crippen molar-refractivity contribution in [2.45, 2.75) is 25.9 Å². The summed E-state index contributed by atoms with van der Waals surface area (Å²) < 4.78 is 77.3. The van der Waals surface area contributed by atoms with E-state index in [-0.39, 0.29) is 28.0 Å². The SMILES string of the molecule is CS(=O)(=O)Oc1ccc2c(C(=O)c3ccc(OCCN4CCCCC4)cc3)c(-c3cc(F)c(F)c(F)c3CO)ccc2c1. The van der Waals surface area contributed by atoms with E-state index < -0.39 is 45.5 Å². The lowest BCUT2D eigenvalue weighted by Gasteiger charge is -2.26. The van der Waals surface area contributed by atoms with Gasteiger partial charge in [0.25, 0.3) is 0 Å². The first kappa shape index (κ1) is 30.5. The second-order valence-corrected chi connectivity index (χ2v) is 12.0. The minimum atomic E-state index is -3.83. The highest BCUT2D eigenvalue weighted by Gasteiger charge is 2.25. The molecule has 4 aromatic carbocycles. The van der Waals surface area contributed by atoms with Gasteiger partial charge in [-0.1, -0.05) is 18.6 Å². The number of ether oxygens (including phenoxy) is 1. The lowest BCUT2D eigenvalue weighted by atomic mass is 9.87. The van der Waals surface area contributed by atoms with Gasteiger partial charge in [0.15, 0.2) is 23.2 Å². The smallest absolute Gasteiger partial charge is 0.306 e. The molecule has 0 aromatic heterocycles. The van der Waals surface area contributed by atoms with Gasteiger partial charge in [-0.2, -0.15) is 8.42 Å². The molecule has 0 radical (unpaired) electrons. The van der Waals surface area contributed by atoms with Crippen molar-refractivity contribution in [3.63, 3.8) is 0 Å². The van der Waals surface area contributed by atoms with E-state index in [1.807, 2.05) is 0 Å². The van der Waals surface area contributed by atoms with E-state index in [1.54, 1.807) is 24.3 Å². The van der Waals surface area contributed by atoms with Crippen molar-refractivity contribution in [2.75, 3.05) is 32.5 Å². The minimum absolute atomic E-state index is 0.00196. The fourth-order valence-corrected chi connectivity index (χ4v) is 5.81. The van der Waals surface area contributed by atoms with E-state index in [1.165, 1.54) is 49.6 Å². The molecule has 0 bridgehead atoms. The molecule has 1 fully saturated rings. The van der Waals surface area contributed by atoms with Crippen LogP contribution < -0.4 is 8.92 Å². The summed E-state index contributed by atoms with van der Waals surface area (Å²) in [4.78, 5) is 16.4. The maximum absolute atomic E-state index is 14.7. The molecule has 5 rings (SSSR count). The first-order chi connectivity index (χ1) is 20.6. The number of hydrogen-bond donors (Lipinski definition) is 1. The number of benzene rings is 4. The number of nitrogens with zero attached hydrogens (tertiary/aromatic N) is 1. The number of ketones is 1. The minimum Gasteiger partial charge on any atom is -0.492 e. The molecule has 0 amide bonds. The lowest BCUT2D eigenvalue weighted by molar-refractivity contribution is 0.104. The van der Waals surface area contributed by atoms with Gasteiger partial charge in [0.05, 0.1) is 12.9 Å². The van der Waals surface area contributed by atoms with E-state index in [0.29, 0.717) is 23.1 Å². The van der Waals surface area contributed by atoms with Gasteiger partial charge in [0, 0.05) is 23.2 Å². The molecule has 11 heteroatoms. The average molecular weight is 614 g/mol. The summed E-state index contributed by atoms with van der Waals surface area (Å²) in [5, 5.41) is 10.6. The molecule has 1 heterocycles. The highest BCUT2D eigenvalue weighted by atomic mass is 32.2. The van der Waals surface area contributed by atoms with Crippen LogP contribution in [0.4, 0.5) is 13.2 Å². The normalized spacial score (nSPS) is 14.2. The quantitative estimate of drug-likeness (QED) is 0.136. The molecular formula is C32H30F3NO6S. The topological polar surface area (TPSA) is 93.1 Å². The monoisotopic (exact) mass is 613 g/mol. The van der Waals surface area contributed by atoms with Crippen LogP contribution in [-0.2, 0) is 16.7 Å². The molecule has 1 saturated heterocycles. The van der Waals surface area contributed by atoms with Gasteiger partial charge in [-0.05, 0) is 96.4 Å². The molecule has 0 aliphatic carbocycles. The van der Waals surface area contributed by atoms with Crippen LogP contribution in [-0.4, -0.2) is 56.7 Å². The fraction of sp³-hybridized carbons (Fsp3) is 0.281. The Balaban J connectivity index is 1.54. The third kappa shape index (κ3) is 6.84. The second kappa shape index (κ2) is 12.7. The van der Waals surface area contributed by atoms with Crippen molar-refractivity contribution in [3.05, 3.63) is 94.8 Å². The Morgan fingerprint density at radius 1 is 0.884 bits per heavy atom. The molecule has 4 aromatic rings. The van der Waals surface area contributed by atoms with E-state index in [9.17, 15) is 31.5 Å². The first-order valence-electron chi connectivity index (χ1n) is 13.8. The summed E-state index contributed by atoms with van der Waals surface area (Å²) in [6.45, 7) is 2.43. The zero-order valence-corrected chi connectivity index (χ0v) is 24.2. The Morgan fingerprint density at radius 3 is 2.26 bits per heavy atom. The number of aliphatic hydroxyl groups is 1. The van der Waals surface area contributed by atoms with Crippen molar-refractivity contribution in [3.8, 4) is 22.6 Å². The zero-order valence-electron chi connectivity index (χ0n) is 23.4. The number of rotatable bonds is 10. The van der Waals surface area contributed by atoms with Crippen LogP contribution in [0.2, 0.25) is 0 Å². The van der Waals surface area contributed by atoms with Gasteiger partial charge in [-0.3, -0.25) is 9.69 Å². The van der Waals surface area contributed by atoms with Crippen LogP contribution in [0.25, 0.3) is 21.9 Å². The van der Waals surface area contributed by atoms with Crippen LogP contribution in [0.5, 0.6) is 11.5 Å². The fourth-order valence-electron chi connectivity index (χ4n) is 5.35. The highest BCUT2D eigenvalue weighted by Crippen LogP contribution is 2.37. The third-order valence-electron chi connectivity index (χ3n) is 7.42. The van der Waals surface area contributed by atoms with Crippen molar-refractivity contribution < 1.29 is 40.4 Å². The summed E-state index contributed by atoms with van der Waals surface area (Å²) >= 11 is 0. The molecule has 43 heavy (non-hydrogen) atoms. The molecule has 7 nitrogen and oxygen atoms in total. The molecule has 0 unspecified atom stereocenters. The van der Waals surface area contributed by atoms with E-state index >= 15 is 0 Å². The summed E-state index contributed by atoms with van der Waals surface area (Å²) in [6.07, 6.45) is 4.49. The van der Waals surface area contributed by atoms with E-state index in [0.717, 1.165) is 32.0 Å². The predicted molar refractivity (Wildman–Crippen MR) is 156 cm³/mol. The molecule has 0 atom stereocenters. The highest BCUT2D eigenvalue weighted by molar-refractivity contribution is 7.86. The van der Waals surface area contributed by atoms with E-state index in [4.69, 9.17) is 8.92 Å². The number of hydrogen-bond acceptors (Lipinski definition) is 7. The van der Waals surface area contributed by atoms with Crippen LogP contribution in [0.1, 0.15) is 40.7 Å². The predicted octanol–water partition coefficient (Wildman–Crippen LogP) is 5.85. The molecule has 1 aliphatic rings. The Labute approximate surface area is 247 Å². The van der Waals surface area contributed by atoms with Gasteiger partial charge in [0.2, 0.25) is 0 Å². The number of halogens is 3. The molecule has 1 aliphatic heterocycles. The summed E-state index contributed by atoms with van der Waals surface area (Å²) in [7, 11) is -3.83. The Hall–Kier alpha value is -3.93. The zero-order chi connectivity index (χ0) is 30.7. The molecule has 0 saturated carbocycles. The largest absolute Gasteiger partial charge is 0.492 e. The Kier molecular flexibility index (Phi) is 9.05. The van der Waals surface area contributed by atoms with Crippen LogP contribution in [0.15, 0.2) is 60.7 Å². The number of fused-ring (bicyclic) bond motifs is 1. The van der Waals surface area contributed by atoms with Gasteiger partial charge < -0.3 is 14.0 Å². The third-order valence-corrected chi connectivity index (χ3v) is 7.91. The molecule has 226 valence electrons. The van der Waals surface area contributed by atoms with Gasteiger partial charge in [-0.15, -0.1) is 0 Å². The van der Waals surface area contributed by atoms with Gasteiger partial charge in [-0.25, -0.2) is 13.2 Å². The maximum atomic E-state index is 14.7. The number of carbonyl (C=O) groups excluding carboxylic acids is 1. The number of likely N-dealkylation sites (tertiary alicyclic amines) is 1. The average Bonchev–Trinajstić information content (AvgIpc) is 2.99. The van der Waals surface area contributed by atoms with Gasteiger partial charge >= 0.3 is 10.1 Å². The van der Waals surface area contributed by atoms with Crippen LogP contribution in [0.3, 0.4) is 0 Å².